The van der Waals surface area contributed by atoms with E-state index in [-0.39, 0.29) is 21.5 Å². The number of aliphatic imine (C=N–C) groups is 1. The number of phenols is 1. The zero-order valence-corrected chi connectivity index (χ0v) is 15.9. The molecule has 0 aliphatic rings. The lowest BCUT2D eigenvalue weighted by Gasteiger charge is -2.06. The standard InChI is InChI=1S/C19H14BrN5O3/c20-16-11-15(25(27)28)10-13(18(16)26)12-22-24-19(17-8-4-5-9-21-17)23-14-6-2-1-3-7-14/h1-12,26H,(H,23,24). The van der Waals surface area contributed by atoms with Crippen LogP contribution in [0.5, 0.6) is 5.75 Å². The minimum absolute atomic E-state index is 0.157. The van der Waals surface area contributed by atoms with Crippen molar-refractivity contribution in [3.05, 3.63) is 92.7 Å². The van der Waals surface area contributed by atoms with E-state index in [1.54, 1.807) is 18.3 Å². The van der Waals surface area contributed by atoms with Crippen LogP contribution in [0.3, 0.4) is 0 Å². The Labute approximate surface area is 168 Å². The second kappa shape index (κ2) is 8.87. The van der Waals surface area contributed by atoms with Gasteiger partial charge in [0, 0.05) is 23.9 Å². The predicted octanol–water partition coefficient (Wildman–Crippen LogP) is 4.16. The van der Waals surface area contributed by atoms with Gasteiger partial charge in [0.2, 0.25) is 0 Å². The molecule has 2 N–H and O–H groups in total. The van der Waals surface area contributed by atoms with Gasteiger partial charge in [-0.2, -0.15) is 5.10 Å². The van der Waals surface area contributed by atoms with Gasteiger partial charge in [-0.25, -0.2) is 4.99 Å². The number of rotatable bonds is 5. The monoisotopic (exact) mass is 439 g/mol. The molecule has 0 spiro atoms. The van der Waals surface area contributed by atoms with Crippen LogP contribution in [-0.4, -0.2) is 27.1 Å². The number of benzene rings is 2. The molecule has 0 amide bonds. The SMILES string of the molecule is O=[N+]([O-])c1cc(Br)c(O)c(C=NNC(=Nc2ccccc2)c2ccccn2)c1. The normalized spacial score (nSPS) is 11.5. The lowest BCUT2D eigenvalue weighted by molar-refractivity contribution is -0.385. The fraction of sp³-hybridized carbons (Fsp3) is 0. The molecule has 0 atom stereocenters. The number of hydrazone groups is 1. The third-order valence-corrected chi connectivity index (χ3v) is 4.17. The number of pyridine rings is 1. The highest BCUT2D eigenvalue weighted by molar-refractivity contribution is 9.10. The predicted molar refractivity (Wildman–Crippen MR) is 110 cm³/mol. The van der Waals surface area contributed by atoms with Crippen molar-refractivity contribution in [2.45, 2.75) is 0 Å². The largest absolute Gasteiger partial charge is 0.506 e. The van der Waals surface area contributed by atoms with Crippen LogP contribution in [0.25, 0.3) is 0 Å². The van der Waals surface area contributed by atoms with Crippen LogP contribution in [0, 0.1) is 10.1 Å². The minimum Gasteiger partial charge on any atom is -0.506 e. The van der Waals surface area contributed by atoms with Gasteiger partial charge in [0.05, 0.1) is 21.3 Å². The first-order chi connectivity index (χ1) is 13.5. The highest BCUT2D eigenvalue weighted by Gasteiger charge is 2.13. The Morgan fingerprint density at radius 1 is 1.18 bits per heavy atom. The summed E-state index contributed by atoms with van der Waals surface area (Å²) in [6.45, 7) is 0. The number of nitro groups is 1. The van der Waals surface area contributed by atoms with Gasteiger partial charge >= 0.3 is 0 Å². The van der Waals surface area contributed by atoms with E-state index in [2.05, 4.69) is 36.4 Å². The highest BCUT2D eigenvalue weighted by Crippen LogP contribution is 2.31. The fourth-order valence-electron chi connectivity index (χ4n) is 2.25. The maximum atomic E-state index is 11.0. The zero-order chi connectivity index (χ0) is 19.9. The lowest BCUT2D eigenvalue weighted by atomic mass is 10.2. The van der Waals surface area contributed by atoms with Gasteiger partial charge in [0.1, 0.15) is 11.4 Å². The Morgan fingerprint density at radius 3 is 2.61 bits per heavy atom. The summed E-state index contributed by atoms with van der Waals surface area (Å²) in [5.74, 6) is 0.225. The number of hydrogen-bond acceptors (Lipinski definition) is 6. The number of non-ortho nitro benzene ring substituents is 1. The molecule has 0 fully saturated rings. The lowest BCUT2D eigenvalue weighted by Crippen LogP contribution is -2.20. The van der Waals surface area contributed by atoms with E-state index in [4.69, 9.17) is 0 Å². The number of nitro benzene ring substituents is 1. The molecule has 3 aromatic rings. The first kappa shape index (κ1) is 19.2. The number of para-hydroxylation sites is 1. The van der Waals surface area contributed by atoms with Gasteiger partial charge in [0.15, 0.2) is 5.84 Å². The van der Waals surface area contributed by atoms with Gasteiger partial charge in [-0.3, -0.25) is 20.5 Å². The number of nitrogens with one attached hydrogen (secondary N) is 1. The van der Waals surface area contributed by atoms with Gasteiger partial charge in [-0.1, -0.05) is 24.3 Å². The van der Waals surface area contributed by atoms with E-state index in [0.717, 1.165) is 0 Å². The average Bonchev–Trinajstić information content (AvgIpc) is 2.71. The summed E-state index contributed by atoms with van der Waals surface area (Å²) < 4.78 is 0.200. The number of halogens is 1. The van der Waals surface area contributed by atoms with Crippen molar-refractivity contribution >= 4 is 39.4 Å². The molecule has 0 aliphatic heterocycles. The number of aromatic hydroxyl groups is 1. The Morgan fingerprint density at radius 2 is 1.93 bits per heavy atom. The van der Waals surface area contributed by atoms with Gasteiger partial charge in [0.25, 0.3) is 5.69 Å². The molecule has 1 heterocycles. The maximum Gasteiger partial charge on any atom is 0.271 e. The number of nitrogens with zero attached hydrogens (tertiary/aromatic N) is 4. The number of aromatic nitrogens is 1. The van der Waals surface area contributed by atoms with Crippen molar-refractivity contribution in [2.24, 2.45) is 10.1 Å². The molecule has 0 bridgehead atoms. The van der Waals surface area contributed by atoms with Gasteiger partial charge in [-0.05, 0) is 40.2 Å². The molecule has 1 aromatic heterocycles. The summed E-state index contributed by atoms with van der Waals surface area (Å²) in [7, 11) is 0. The molecular weight excluding hydrogens is 426 g/mol. The molecule has 0 aliphatic carbocycles. The van der Waals surface area contributed by atoms with Crippen molar-refractivity contribution < 1.29 is 10.0 Å². The first-order valence-corrected chi connectivity index (χ1v) is 8.85. The summed E-state index contributed by atoms with van der Waals surface area (Å²) in [4.78, 5) is 19.2. The topological polar surface area (TPSA) is 113 Å². The van der Waals surface area contributed by atoms with E-state index >= 15 is 0 Å². The van der Waals surface area contributed by atoms with E-state index in [9.17, 15) is 15.2 Å². The molecule has 28 heavy (non-hydrogen) atoms. The molecule has 9 heteroatoms. The molecule has 2 aromatic carbocycles. The Kier molecular flexibility index (Phi) is 6.07. The van der Waals surface area contributed by atoms with Gasteiger partial charge in [-0.15, -0.1) is 0 Å². The fourth-order valence-corrected chi connectivity index (χ4v) is 2.71. The smallest absolute Gasteiger partial charge is 0.271 e. The van der Waals surface area contributed by atoms with Crippen molar-refractivity contribution in [3.8, 4) is 5.75 Å². The Bertz CT molecular complexity index is 1040. The first-order valence-electron chi connectivity index (χ1n) is 8.05. The molecule has 0 saturated heterocycles. The van der Waals surface area contributed by atoms with E-state index in [0.29, 0.717) is 17.2 Å². The van der Waals surface area contributed by atoms with Crippen LogP contribution in [0.2, 0.25) is 0 Å². The van der Waals surface area contributed by atoms with Crippen molar-refractivity contribution in [1.82, 2.24) is 10.4 Å². The third-order valence-electron chi connectivity index (χ3n) is 3.57. The van der Waals surface area contributed by atoms with Crippen LogP contribution in [0.4, 0.5) is 11.4 Å². The molecule has 0 saturated carbocycles. The number of hydrogen-bond donors (Lipinski definition) is 2. The maximum absolute atomic E-state index is 11.0. The van der Waals surface area contributed by atoms with Crippen LogP contribution in [0.1, 0.15) is 11.3 Å². The summed E-state index contributed by atoms with van der Waals surface area (Å²) in [6.07, 6.45) is 2.90. The molecule has 0 unspecified atom stereocenters. The molecule has 0 radical (unpaired) electrons. The van der Waals surface area contributed by atoms with Crippen LogP contribution in [-0.2, 0) is 0 Å². The molecular formula is C19H14BrN5O3. The Hall–Kier alpha value is -3.59. The summed E-state index contributed by atoms with van der Waals surface area (Å²) in [5.41, 5.74) is 4.06. The average molecular weight is 440 g/mol. The second-order valence-electron chi connectivity index (χ2n) is 5.50. The van der Waals surface area contributed by atoms with Gasteiger partial charge < -0.3 is 5.11 Å². The zero-order valence-electron chi connectivity index (χ0n) is 14.4. The second-order valence-corrected chi connectivity index (χ2v) is 6.36. The Balaban J connectivity index is 1.91. The summed E-state index contributed by atoms with van der Waals surface area (Å²) >= 11 is 3.10. The summed E-state index contributed by atoms with van der Waals surface area (Å²) in [6, 6.07) is 17.1. The highest BCUT2D eigenvalue weighted by atomic mass is 79.9. The van der Waals surface area contributed by atoms with Crippen LogP contribution < -0.4 is 5.43 Å². The van der Waals surface area contributed by atoms with Crippen molar-refractivity contribution in [2.75, 3.05) is 0 Å². The van der Waals surface area contributed by atoms with Crippen LogP contribution >= 0.6 is 15.9 Å². The summed E-state index contributed by atoms with van der Waals surface area (Å²) in [5, 5.41) is 25.2. The quantitative estimate of drug-likeness (QED) is 0.268. The van der Waals surface area contributed by atoms with E-state index < -0.39 is 4.92 Å². The molecule has 3 rings (SSSR count). The minimum atomic E-state index is -0.550. The van der Waals surface area contributed by atoms with E-state index in [1.807, 2.05) is 36.4 Å². The van der Waals surface area contributed by atoms with Crippen molar-refractivity contribution in [1.29, 1.82) is 0 Å². The number of phenolic OH excluding ortho intramolecular Hbond substituents is 1. The van der Waals surface area contributed by atoms with E-state index in [1.165, 1.54) is 18.3 Å². The molecule has 8 nitrogen and oxygen atoms in total. The van der Waals surface area contributed by atoms with Crippen LogP contribution in [0.15, 0.2) is 81.4 Å². The third kappa shape index (κ3) is 4.77. The number of amidine groups is 1. The molecule has 140 valence electrons. The van der Waals surface area contributed by atoms with Crippen molar-refractivity contribution in [3.63, 3.8) is 0 Å².